The fourth-order valence-electron chi connectivity index (χ4n) is 5.04. The van der Waals surface area contributed by atoms with Crippen molar-refractivity contribution >= 4 is 27.8 Å². The van der Waals surface area contributed by atoms with Crippen LogP contribution in [0.1, 0.15) is 32.0 Å². The first kappa shape index (κ1) is 25.1. The summed E-state index contributed by atoms with van der Waals surface area (Å²) >= 11 is 1.61. The molecular formula is C26H34N8O2S. The molecule has 0 aliphatic carbocycles. The van der Waals surface area contributed by atoms with Crippen molar-refractivity contribution < 1.29 is 9.53 Å². The monoisotopic (exact) mass is 522 g/mol. The summed E-state index contributed by atoms with van der Waals surface area (Å²) in [6.45, 7) is 15.0. The van der Waals surface area contributed by atoms with Gasteiger partial charge < -0.3 is 20.7 Å². The number of likely N-dealkylation sites (tertiary alicyclic amines) is 1. The van der Waals surface area contributed by atoms with Crippen molar-refractivity contribution in [1.82, 2.24) is 40.2 Å². The van der Waals surface area contributed by atoms with Crippen LogP contribution in [0.4, 0.5) is 0 Å². The number of rotatable bonds is 8. The van der Waals surface area contributed by atoms with Gasteiger partial charge in [-0.25, -0.2) is 9.20 Å². The summed E-state index contributed by atoms with van der Waals surface area (Å²) in [5.41, 5.74) is 5.42. The fourth-order valence-corrected chi connectivity index (χ4v) is 6.22. The molecule has 0 bridgehead atoms. The lowest BCUT2D eigenvalue weighted by Crippen LogP contribution is -2.55. The molecule has 11 heteroatoms. The molecule has 2 aliphatic heterocycles. The normalized spacial score (nSPS) is 19.0. The number of amides is 1. The van der Waals surface area contributed by atoms with Gasteiger partial charge in [0.2, 0.25) is 11.8 Å². The third-order valence-corrected chi connectivity index (χ3v) is 7.78. The molecule has 3 N–H and O–H groups in total. The standard InChI is InChI=1S/C26H34N8O2S/c1-15(19-10-28-34-11-21(37-25(19)34)23-17(3)31-32(6)24(23)36-7)29-20-8-18(9-27-16(20)2)30-22(35)12-33-13-26(4,5)14-33/h8-11,16,27,29H,1,12-14H2,2-7H3,(H,30,35). The quantitative estimate of drug-likeness (QED) is 0.418. The van der Waals surface area contributed by atoms with Crippen molar-refractivity contribution in [2.24, 2.45) is 12.5 Å². The smallest absolute Gasteiger partial charge is 0.238 e. The predicted molar refractivity (Wildman–Crippen MR) is 146 cm³/mol. The number of carbonyl (C=O) groups excluding carboxylic acids is 1. The molecule has 10 nitrogen and oxygen atoms in total. The van der Waals surface area contributed by atoms with Gasteiger partial charge in [-0.3, -0.25) is 9.69 Å². The first-order chi connectivity index (χ1) is 17.5. The Balaban J connectivity index is 1.30. The van der Waals surface area contributed by atoms with Crippen LogP contribution in [0, 0.1) is 12.3 Å². The van der Waals surface area contributed by atoms with Gasteiger partial charge in [0.15, 0.2) is 0 Å². The third-order valence-electron chi connectivity index (χ3n) is 6.65. The fraction of sp³-hybridized carbons (Fsp3) is 0.423. The maximum atomic E-state index is 12.5. The Bertz CT molecular complexity index is 1430. The van der Waals surface area contributed by atoms with Gasteiger partial charge in [0, 0.05) is 43.9 Å². The van der Waals surface area contributed by atoms with E-state index in [2.05, 4.69) is 58.4 Å². The molecule has 3 aromatic heterocycles. The van der Waals surface area contributed by atoms with Gasteiger partial charge in [-0.05, 0) is 25.3 Å². The summed E-state index contributed by atoms with van der Waals surface area (Å²) in [6.07, 6.45) is 7.59. The van der Waals surface area contributed by atoms with E-state index >= 15 is 0 Å². The minimum atomic E-state index is -0.0156. The molecule has 37 heavy (non-hydrogen) atoms. The Morgan fingerprint density at radius 2 is 2.11 bits per heavy atom. The molecule has 1 amide bonds. The van der Waals surface area contributed by atoms with E-state index in [1.54, 1.807) is 23.1 Å². The van der Waals surface area contributed by atoms with Crippen molar-refractivity contribution in [3.63, 3.8) is 0 Å². The van der Waals surface area contributed by atoms with E-state index in [4.69, 9.17) is 4.74 Å². The summed E-state index contributed by atoms with van der Waals surface area (Å²) in [5, 5.41) is 18.8. The van der Waals surface area contributed by atoms with Crippen molar-refractivity contribution in [1.29, 1.82) is 0 Å². The average molecular weight is 523 g/mol. The molecule has 0 aromatic carbocycles. The van der Waals surface area contributed by atoms with Gasteiger partial charge in [0.05, 0.1) is 53.3 Å². The number of aryl methyl sites for hydroxylation is 2. The van der Waals surface area contributed by atoms with Crippen LogP contribution in [0.2, 0.25) is 0 Å². The molecule has 1 unspecified atom stereocenters. The molecule has 196 valence electrons. The topological polar surface area (TPSA) is 101 Å². The zero-order valence-corrected chi connectivity index (χ0v) is 23.0. The second-order valence-electron chi connectivity index (χ2n) is 10.5. The number of hydrogen-bond donors (Lipinski definition) is 3. The maximum absolute atomic E-state index is 12.5. The zero-order valence-electron chi connectivity index (χ0n) is 22.2. The van der Waals surface area contributed by atoms with E-state index < -0.39 is 0 Å². The Morgan fingerprint density at radius 3 is 2.81 bits per heavy atom. The molecule has 1 fully saturated rings. The van der Waals surface area contributed by atoms with Crippen molar-refractivity contribution in [2.45, 2.75) is 33.7 Å². The summed E-state index contributed by atoms with van der Waals surface area (Å²) in [7, 11) is 3.52. The minimum absolute atomic E-state index is 0.0156. The number of nitrogens with zero attached hydrogens (tertiary/aromatic N) is 5. The van der Waals surface area contributed by atoms with E-state index in [0.717, 1.165) is 56.7 Å². The number of dihydropyridines is 1. The second-order valence-corrected chi connectivity index (χ2v) is 11.6. The summed E-state index contributed by atoms with van der Waals surface area (Å²) in [5.74, 6) is 0.699. The molecule has 1 atom stereocenters. The summed E-state index contributed by atoms with van der Waals surface area (Å²) in [6, 6.07) is 0.0286. The van der Waals surface area contributed by atoms with Crippen LogP contribution in [0.25, 0.3) is 21.0 Å². The van der Waals surface area contributed by atoms with Gasteiger partial charge in [0.1, 0.15) is 4.83 Å². The first-order valence-electron chi connectivity index (χ1n) is 12.3. The number of hydrogen-bond acceptors (Lipinski definition) is 8. The van der Waals surface area contributed by atoms with Crippen molar-refractivity contribution in [3.8, 4) is 16.3 Å². The molecule has 2 aliphatic rings. The maximum Gasteiger partial charge on any atom is 0.238 e. The molecule has 0 saturated carbocycles. The molecule has 0 radical (unpaired) electrons. The number of allylic oxidation sites excluding steroid dienone is 1. The minimum Gasteiger partial charge on any atom is -0.481 e. The van der Waals surface area contributed by atoms with Crippen LogP contribution in [0.5, 0.6) is 5.88 Å². The molecule has 5 heterocycles. The van der Waals surface area contributed by atoms with E-state index in [0.29, 0.717) is 17.8 Å². The third kappa shape index (κ3) is 4.88. The first-order valence-corrected chi connectivity index (χ1v) is 13.1. The van der Waals surface area contributed by atoms with Gasteiger partial charge in [0.25, 0.3) is 0 Å². The number of ether oxygens (including phenoxy) is 1. The molecular weight excluding hydrogens is 488 g/mol. The molecule has 3 aromatic rings. The van der Waals surface area contributed by atoms with E-state index in [9.17, 15) is 4.79 Å². The highest BCUT2D eigenvalue weighted by atomic mass is 32.1. The number of fused-ring (bicyclic) bond motifs is 1. The van der Waals surface area contributed by atoms with Crippen molar-refractivity contribution in [3.05, 3.63) is 53.9 Å². The van der Waals surface area contributed by atoms with E-state index in [-0.39, 0.29) is 11.9 Å². The van der Waals surface area contributed by atoms with Gasteiger partial charge in [-0.15, -0.1) is 11.3 Å². The second kappa shape index (κ2) is 9.38. The van der Waals surface area contributed by atoms with Crippen LogP contribution >= 0.6 is 11.3 Å². The highest BCUT2D eigenvalue weighted by molar-refractivity contribution is 7.21. The Morgan fingerprint density at radius 1 is 1.35 bits per heavy atom. The number of thiazole rings is 1. The summed E-state index contributed by atoms with van der Waals surface area (Å²) < 4.78 is 9.18. The van der Waals surface area contributed by atoms with Crippen LogP contribution < -0.4 is 20.7 Å². The van der Waals surface area contributed by atoms with Crippen LogP contribution in [-0.4, -0.2) is 63.0 Å². The largest absolute Gasteiger partial charge is 0.481 e. The molecule has 5 rings (SSSR count). The lowest BCUT2D eigenvalue weighted by atomic mass is 9.84. The highest BCUT2D eigenvalue weighted by Crippen LogP contribution is 2.39. The van der Waals surface area contributed by atoms with Gasteiger partial charge in [-0.1, -0.05) is 20.4 Å². The lowest BCUT2D eigenvalue weighted by molar-refractivity contribution is -0.124. The molecule has 0 spiro atoms. The lowest BCUT2D eigenvalue weighted by Gasteiger charge is -2.45. The Kier molecular flexibility index (Phi) is 6.36. The summed E-state index contributed by atoms with van der Waals surface area (Å²) in [4.78, 5) is 16.7. The van der Waals surface area contributed by atoms with Gasteiger partial charge in [-0.2, -0.15) is 10.2 Å². The van der Waals surface area contributed by atoms with Crippen LogP contribution in [0.3, 0.4) is 0 Å². The van der Waals surface area contributed by atoms with Crippen LogP contribution in [-0.2, 0) is 11.8 Å². The Labute approximate surface area is 220 Å². The number of methoxy groups -OCH3 is 1. The SMILES string of the molecule is C=C(NC1=CC(NC(=O)CN2CC(C)(C)C2)=CNC1C)c1cnn2cc(-c3c(C)nn(C)c3OC)sc12. The predicted octanol–water partition coefficient (Wildman–Crippen LogP) is 2.85. The van der Waals surface area contributed by atoms with Crippen LogP contribution in [0.15, 0.2) is 42.6 Å². The van der Waals surface area contributed by atoms with Gasteiger partial charge >= 0.3 is 0 Å². The van der Waals surface area contributed by atoms with E-state index in [1.165, 1.54) is 0 Å². The van der Waals surface area contributed by atoms with Crippen molar-refractivity contribution in [2.75, 3.05) is 26.7 Å². The molecule has 1 saturated heterocycles. The highest BCUT2D eigenvalue weighted by Gasteiger charge is 2.34. The zero-order chi connectivity index (χ0) is 26.5. The Hall–Kier alpha value is -3.57. The number of aromatic nitrogens is 4. The number of carbonyl (C=O) groups is 1. The van der Waals surface area contributed by atoms with E-state index in [1.807, 2.05) is 43.2 Å². The number of nitrogens with one attached hydrogen (secondary N) is 3. The average Bonchev–Trinajstić information content (AvgIpc) is 3.46.